The van der Waals surface area contributed by atoms with Gasteiger partial charge in [-0.2, -0.15) is 0 Å². The maximum atomic E-state index is 6.27. The van der Waals surface area contributed by atoms with Crippen LogP contribution in [0.3, 0.4) is 0 Å². The molecule has 4 heteroatoms. The van der Waals surface area contributed by atoms with Gasteiger partial charge in [0.15, 0.2) is 0 Å². The first-order valence-corrected chi connectivity index (χ1v) is 6.83. The third-order valence-electron chi connectivity index (χ3n) is 2.16. The highest BCUT2D eigenvalue weighted by atomic mass is 79.9. The summed E-state index contributed by atoms with van der Waals surface area (Å²) in [7, 11) is 0. The summed E-state index contributed by atoms with van der Waals surface area (Å²) in [5.74, 6) is 0. The summed E-state index contributed by atoms with van der Waals surface area (Å²) in [5.41, 5.74) is 1.93. The summed E-state index contributed by atoms with van der Waals surface area (Å²) in [4.78, 5) is 0. The summed E-state index contributed by atoms with van der Waals surface area (Å²) in [6, 6.07) is 11.5. The quantitative estimate of drug-likeness (QED) is 0.518. The van der Waals surface area contributed by atoms with Gasteiger partial charge in [0, 0.05) is 19.5 Å². The van der Waals surface area contributed by atoms with Gasteiger partial charge < -0.3 is 0 Å². The van der Waals surface area contributed by atoms with Crippen molar-refractivity contribution < 1.29 is 0 Å². The maximum Gasteiger partial charge on any atom is 0.0637 e. The predicted octanol–water partition coefficient (Wildman–Crippen LogP) is 6.19. The fourth-order valence-electron chi connectivity index (χ4n) is 1.44. The molecule has 0 N–H and O–H groups in total. The van der Waals surface area contributed by atoms with Crippen molar-refractivity contribution in [3.05, 3.63) is 55.4 Å². The zero-order valence-corrected chi connectivity index (χ0v) is 12.7. The molecule has 0 aliphatic heterocycles. The van der Waals surface area contributed by atoms with Gasteiger partial charge in [-0.05, 0) is 45.8 Å². The van der Waals surface area contributed by atoms with Crippen LogP contribution in [0.5, 0.6) is 0 Å². The second-order valence-electron chi connectivity index (χ2n) is 3.23. The van der Waals surface area contributed by atoms with Crippen molar-refractivity contribution in [2.75, 3.05) is 0 Å². The molecule has 0 nitrogen and oxygen atoms in total. The molecular formula is C12H6Br2Cl2. The first-order chi connectivity index (χ1) is 7.59. The van der Waals surface area contributed by atoms with Gasteiger partial charge in [0.25, 0.3) is 0 Å². The summed E-state index contributed by atoms with van der Waals surface area (Å²) in [6.07, 6.45) is 0. The lowest BCUT2D eigenvalue weighted by molar-refractivity contribution is 1.55. The van der Waals surface area contributed by atoms with Gasteiger partial charge in [-0.1, -0.05) is 51.3 Å². The van der Waals surface area contributed by atoms with Crippen molar-refractivity contribution in [2.24, 2.45) is 0 Å². The van der Waals surface area contributed by atoms with E-state index in [9.17, 15) is 0 Å². The Morgan fingerprint density at radius 3 is 2.25 bits per heavy atom. The monoisotopic (exact) mass is 378 g/mol. The highest BCUT2D eigenvalue weighted by Gasteiger charge is 2.11. The average molecular weight is 381 g/mol. The standard InChI is InChI=1S/C12H6Br2Cl2/c13-9-4-5-10(14)12(16)11(9)7-2-1-3-8(15)6-7/h1-6H. The lowest BCUT2D eigenvalue weighted by Crippen LogP contribution is -1.83. The van der Waals surface area contributed by atoms with Crippen LogP contribution >= 0.6 is 55.1 Å². The Morgan fingerprint density at radius 2 is 1.56 bits per heavy atom. The molecule has 0 aromatic heterocycles. The smallest absolute Gasteiger partial charge is 0.0637 e. The van der Waals surface area contributed by atoms with Crippen molar-refractivity contribution in [3.8, 4) is 11.1 Å². The van der Waals surface area contributed by atoms with E-state index < -0.39 is 0 Å². The summed E-state index contributed by atoms with van der Waals surface area (Å²) in [5, 5.41) is 1.37. The van der Waals surface area contributed by atoms with Crippen molar-refractivity contribution in [2.45, 2.75) is 0 Å². The molecule has 0 saturated heterocycles. The summed E-state index contributed by atoms with van der Waals surface area (Å²) in [6.45, 7) is 0. The Labute approximate surface area is 121 Å². The maximum absolute atomic E-state index is 6.27. The molecular weight excluding hydrogens is 375 g/mol. The first kappa shape index (κ1) is 12.4. The Kier molecular flexibility index (Phi) is 3.96. The number of rotatable bonds is 1. The van der Waals surface area contributed by atoms with Crippen molar-refractivity contribution in [3.63, 3.8) is 0 Å². The molecule has 0 spiro atoms. The molecule has 0 unspecified atom stereocenters. The van der Waals surface area contributed by atoms with E-state index in [4.69, 9.17) is 23.2 Å². The van der Waals surface area contributed by atoms with Crippen molar-refractivity contribution in [1.82, 2.24) is 0 Å². The number of benzene rings is 2. The number of hydrogen-bond acceptors (Lipinski definition) is 0. The molecule has 0 heterocycles. The minimum Gasteiger partial charge on any atom is -0.0843 e. The van der Waals surface area contributed by atoms with Crippen LogP contribution in [0, 0.1) is 0 Å². The van der Waals surface area contributed by atoms with Crippen LogP contribution in [-0.2, 0) is 0 Å². The Hall–Kier alpha value is -0.0200. The largest absolute Gasteiger partial charge is 0.0843 e. The van der Waals surface area contributed by atoms with Crippen LogP contribution in [0.1, 0.15) is 0 Å². The summed E-state index contributed by atoms with van der Waals surface area (Å²) < 4.78 is 1.82. The van der Waals surface area contributed by atoms with Gasteiger partial charge in [0.05, 0.1) is 5.02 Å². The van der Waals surface area contributed by atoms with Crippen molar-refractivity contribution in [1.29, 1.82) is 0 Å². The lowest BCUT2D eigenvalue weighted by Gasteiger charge is -2.09. The molecule has 2 aromatic rings. The van der Waals surface area contributed by atoms with E-state index in [2.05, 4.69) is 31.9 Å². The fraction of sp³-hybridized carbons (Fsp3) is 0. The van der Waals surface area contributed by atoms with E-state index in [0.717, 1.165) is 20.1 Å². The third kappa shape index (κ3) is 2.45. The first-order valence-electron chi connectivity index (χ1n) is 4.49. The molecule has 0 aliphatic carbocycles. The average Bonchev–Trinajstić information content (AvgIpc) is 2.24. The minimum absolute atomic E-state index is 0.677. The van der Waals surface area contributed by atoms with E-state index in [1.54, 1.807) is 0 Å². The van der Waals surface area contributed by atoms with Crippen LogP contribution in [0.2, 0.25) is 10.0 Å². The zero-order valence-electron chi connectivity index (χ0n) is 7.98. The second kappa shape index (κ2) is 5.09. The number of halogens is 4. The Balaban J connectivity index is 2.68. The molecule has 16 heavy (non-hydrogen) atoms. The molecule has 0 amide bonds. The van der Waals surface area contributed by atoms with Crippen molar-refractivity contribution >= 4 is 55.1 Å². The van der Waals surface area contributed by atoms with Gasteiger partial charge in [-0.15, -0.1) is 0 Å². The zero-order chi connectivity index (χ0) is 11.7. The highest BCUT2D eigenvalue weighted by Crippen LogP contribution is 2.39. The van der Waals surface area contributed by atoms with Crippen LogP contribution < -0.4 is 0 Å². The molecule has 0 fully saturated rings. The minimum atomic E-state index is 0.677. The summed E-state index contributed by atoms with van der Waals surface area (Å²) >= 11 is 19.1. The SMILES string of the molecule is Clc1cccc(-c2c(Br)ccc(Br)c2Cl)c1. The molecule has 0 saturated carbocycles. The van der Waals surface area contributed by atoms with Gasteiger partial charge in [-0.25, -0.2) is 0 Å². The molecule has 2 rings (SSSR count). The predicted molar refractivity (Wildman–Crippen MR) is 77.3 cm³/mol. The van der Waals surface area contributed by atoms with Crippen LogP contribution in [0.15, 0.2) is 45.3 Å². The molecule has 2 aromatic carbocycles. The van der Waals surface area contributed by atoms with Gasteiger partial charge >= 0.3 is 0 Å². The third-order valence-corrected chi connectivity index (χ3v) is 4.33. The number of hydrogen-bond donors (Lipinski definition) is 0. The molecule has 0 aliphatic rings. The van der Waals surface area contributed by atoms with Gasteiger partial charge in [0.1, 0.15) is 0 Å². The van der Waals surface area contributed by atoms with Crippen LogP contribution in [0.4, 0.5) is 0 Å². The van der Waals surface area contributed by atoms with Gasteiger partial charge in [-0.3, -0.25) is 0 Å². The van der Waals surface area contributed by atoms with E-state index in [1.165, 1.54) is 0 Å². The molecule has 82 valence electrons. The normalized spacial score (nSPS) is 10.5. The highest BCUT2D eigenvalue weighted by molar-refractivity contribution is 9.11. The van der Waals surface area contributed by atoms with E-state index in [1.807, 2.05) is 36.4 Å². The lowest BCUT2D eigenvalue weighted by atomic mass is 10.1. The Morgan fingerprint density at radius 1 is 0.875 bits per heavy atom. The van der Waals surface area contributed by atoms with Gasteiger partial charge in [0.2, 0.25) is 0 Å². The molecule has 0 bridgehead atoms. The molecule has 0 atom stereocenters. The topological polar surface area (TPSA) is 0 Å². The van der Waals surface area contributed by atoms with E-state index in [0.29, 0.717) is 10.0 Å². The Bertz CT molecular complexity index is 539. The van der Waals surface area contributed by atoms with E-state index in [-0.39, 0.29) is 0 Å². The second-order valence-corrected chi connectivity index (χ2v) is 5.75. The van der Waals surface area contributed by atoms with Crippen LogP contribution in [-0.4, -0.2) is 0 Å². The molecule has 0 radical (unpaired) electrons. The van der Waals surface area contributed by atoms with E-state index >= 15 is 0 Å². The van der Waals surface area contributed by atoms with Crippen LogP contribution in [0.25, 0.3) is 11.1 Å². The fourth-order valence-corrected chi connectivity index (χ4v) is 2.90.